The van der Waals surface area contributed by atoms with E-state index in [4.69, 9.17) is 0 Å². The van der Waals surface area contributed by atoms with E-state index in [2.05, 4.69) is 42.2 Å². The number of rotatable bonds is 4. The highest BCUT2D eigenvalue weighted by Gasteiger charge is 2.20. The molecule has 0 bridgehead atoms. The van der Waals surface area contributed by atoms with Crippen molar-refractivity contribution in [3.63, 3.8) is 0 Å². The Bertz CT molecular complexity index is 848. The minimum atomic E-state index is 0.0603. The summed E-state index contributed by atoms with van der Waals surface area (Å²) >= 11 is 1.52. The van der Waals surface area contributed by atoms with Crippen molar-refractivity contribution in [3.8, 4) is 6.07 Å². The lowest BCUT2D eigenvalue weighted by atomic mass is 10.1. The van der Waals surface area contributed by atoms with Crippen molar-refractivity contribution in [2.45, 2.75) is 51.0 Å². The maximum Gasteiger partial charge on any atom is 0.178 e. The van der Waals surface area contributed by atoms with Crippen LogP contribution in [0.25, 0.3) is 5.57 Å². The van der Waals surface area contributed by atoms with Crippen LogP contribution in [0.3, 0.4) is 0 Å². The molecule has 0 unspecified atom stereocenters. The fraction of sp³-hybridized carbons (Fsp3) is 0.421. The number of fused-ring (bicyclic) bond motifs is 1. The Morgan fingerprint density at radius 1 is 1.24 bits per heavy atom. The first-order chi connectivity index (χ1) is 12.1. The van der Waals surface area contributed by atoms with Crippen LogP contribution in [0.1, 0.15) is 42.0 Å². The van der Waals surface area contributed by atoms with Crippen LogP contribution in [0, 0.1) is 25.2 Å². The van der Waals surface area contributed by atoms with Crippen LogP contribution >= 0.6 is 11.8 Å². The number of hydrogen-bond acceptors (Lipinski definition) is 5. The normalized spacial score (nSPS) is 15.1. The molecular weight excluding hydrogens is 332 g/mol. The minimum Gasteiger partial charge on any atom is -0.510 e. The molecule has 5 nitrogen and oxygen atoms in total. The zero-order valence-corrected chi connectivity index (χ0v) is 15.4. The van der Waals surface area contributed by atoms with Crippen molar-refractivity contribution in [1.29, 1.82) is 5.26 Å². The van der Waals surface area contributed by atoms with Gasteiger partial charge in [-0.15, -0.1) is 22.0 Å². The topological polar surface area (TPSA) is 74.7 Å². The summed E-state index contributed by atoms with van der Waals surface area (Å²) in [6.07, 6.45) is 4.18. The third-order valence-corrected chi connectivity index (χ3v) is 5.59. The predicted octanol–water partition coefficient (Wildman–Crippen LogP) is 4.21. The summed E-state index contributed by atoms with van der Waals surface area (Å²) < 4.78 is 1.99. The summed E-state index contributed by atoms with van der Waals surface area (Å²) in [6, 6.07) is 8.33. The predicted molar refractivity (Wildman–Crippen MR) is 99.4 cm³/mol. The van der Waals surface area contributed by atoms with Crippen LogP contribution in [0.2, 0.25) is 0 Å². The molecule has 0 atom stereocenters. The maximum absolute atomic E-state index is 10.5. The highest BCUT2D eigenvalue weighted by molar-refractivity contribution is 7.99. The van der Waals surface area contributed by atoms with Crippen molar-refractivity contribution < 1.29 is 5.11 Å². The van der Waals surface area contributed by atoms with Crippen LogP contribution in [-0.4, -0.2) is 25.6 Å². The van der Waals surface area contributed by atoms with Gasteiger partial charge in [0.15, 0.2) is 5.82 Å². The fourth-order valence-corrected chi connectivity index (χ4v) is 3.81. The molecule has 1 N–H and O–H groups in total. The van der Waals surface area contributed by atoms with E-state index < -0.39 is 0 Å². The summed E-state index contributed by atoms with van der Waals surface area (Å²) in [6.45, 7) is 4.95. The molecule has 0 saturated carbocycles. The van der Waals surface area contributed by atoms with Crippen molar-refractivity contribution >= 4 is 17.3 Å². The summed E-state index contributed by atoms with van der Waals surface area (Å²) in [7, 11) is 0. The summed E-state index contributed by atoms with van der Waals surface area (Å²) in [4.78, 5) is 1.08. The Morgan fingerprint density at radius 2 is 2.08 bits per heavy atom. The molecule has 0 radical (unpaired) electrons. The zero-order chi connectivity index (χ0) is 17.8. The van der Waals surface area contributed by atoms with E-state index in [1.54, 1.807) is 0 Å². The van der Waals surface area contributed by atoms with E-state index in [-0.39, 0.29) is 11.3 Å². The lowest BCUT2D eigenvalue weighted by Gasteiger charge is -2.08. The Labute approximate surface area is 152 Å². The van der Waals surface area contributed by atoms with Crippen LogP contribution < -0.4 is 0 Å². The molecule has 0 fully saturated rings. The third kappa shape index (κ3) is 3.88. The van der Waals surface area contributed by atoms with Gasteiger partial charge in [0.1, 0.15) is 23.2 Å². The van der Waals surface area contributed by atoms with Gasteiger partial charge >= 0.3 is 0 Å². The number of thioether (sulfide) groups is 1. The van der Waals surface area contributed by atoms with Gasteiger partial charge < -0.3 is 9.67 Å². The van der Waals surface area contributed by atoms with E-state index in [1.165, 1.54) is 22.9 Å². The van der Waals surface area contributed by atoms with Gasteiger partial charge in [0.2, 0.25) is 0 Å². The molecule has 0 spiro atoms. The molecule has 0 saturated heterocycles. The fourth-order valence-electron chi connectivity index (χ4n) is 2.94. The van der Waals surface area contributed by atoms with E-state index in [0.29, 0.717) is 11.6 Å². The number of aliphatic hydroxyl groups is 1. The van der Waals surface area contributed by atoms with Crippen LogP contribution in [0.5, 0.6) is 0 Å². The Kier molecular flexibility index (Phi) is 5.44. The van der Waals surface area contributed by atoms with Gasteiger partial charge in [0, 0.05) is 17.9 Å². The van der Waals surface area contributed by atoms with Crippen molar-refractivity contribution in [3.05, 3.63) is 46.7 Å². The van der Waals surface area contributed by atoms with Gasteiger partial charge in [-0.05, 0) is 49.9 Å². The molecule has 2 aromatic rings. The van der Waals surface area contributed by atoms with Gasteiger partial charge in [0.25, 0.3) is 0 Å². The minimum absolute atomic E-state index is 0.0603. The number of hydrogen-bond donors (Lipinski definition) is 1. The molecule has 0 aliphatic carbocycles. The van der Waals surface area contributed by atoms with Crippen molar-refractivity contribution in [2.24, 2.45) is 0 Å². The zero-order valence-electron chi connectivity index (χ0n) is 14.6. The first-order valence-corrected chi connectivity index (χ1v) is 9.53. The second-order valence-corrected chi connectivity index (χ2v) is 7.42. The Balaban J connectivity index is 1.82. The smallest absolute Gasteiger partial charge is 0.178 e. The molecular formula is C19H22N4OS. The molecule has 1 aliphatic rings. The van der Waals surface area contributed by atoms with E-state index in [9.17, 15) is 10.4 Å². The lowest BCUT2D eigenvalue weighted by Crippen LogP contribution is -2.07. The second kappa shape index (κ2) is 7.75. The lowest BCUT2D eigenvalue weighted by molar-refractivity contribution is 0.420. The van der Waals surface area contributed by atoms with E-state index in [0.717, 1.165) is 42.9 Å². The highest BCUT2D eigenvalue weighted by Crippen LogP contribution is 2.26. The number of nitriles is 1. The quantitative estimate of drug-likeness (QED) is 0.506. The number of aromatic nitrogens is 3. The molecule has 130 valence electrons. The van der Waals surface area contributed by atoms with Gasteiger partial charge in [-0.1, -0.05) is 12.5 Å². The van der Waals surface area contributed by atoms with Gasteiger partial charge in [-0.25, -0.2) is 0 Å². The average Bonchev–Trinajstić information content (AvgIpc) is 2.85. The standard InChI is InChI=1S/C19H22N4OS/c1-13-7-8-15(10-14(13)2)25-12-17(24)16(11-20)19-22-21-18-6-4-3-5-9-23(18)19/h7-8,10,24H,3-6,9,12H2,1-2H3/b17-16-. The first-order valence-electron chi connectivity index (χ1n) is 8.55. The first kappa shape index (κ1) is 17.6. The van der Waals surface area contributed by atoms with Gasteiger partial charge in [0.05, 0.1) is 5.75 Å². The summed E-state index contributed by atoms with van der Waals surface area (Å²) in [5.74, 6) is 1.81. The van der Waals surface area contributed by atoms with E-state index in [1.807, 2.05) is 10.6 Å². The molecule has 1 aliphatic heterocycles. The average molecular weight is 354 g/mol. The molecule has 25 heavy (non-hydrogen) atoms. The molecule has 6 heteroatoms. The third-order valence-electron chi connectivity index (χ3n) is 4.59. The van der Waals surface area contributed by atoms with Crippen LogP contribution in [0.4, 0.5) is 0 Å². The highest BCUT2D eigenvalue weighted by atomic mass is 32.2. The van der Waals surface area contributed by atoms with Crippen molar-refractivity contribution in [2.75, 3.05) is 5.75 Å². The van der Waals surface area contributed by atoms with Crippen LogP contribution in [0.15, 0.2) is 28.9 Å². The summed E-state index contributed by atoms with van der Waals surface area (Å²) in [5.41, 5.74) is 2.70. The SMILES string of the molecule is Cc1ccc(SC/C(O)=C(\C#N)c2nnc3n2CCCCC3)cc1C. The number of aryl methyl sites for hydroxylation is 3. The molecule has 1 aromatic carbocycles. The molecule has 2 heterocycles. The Morgan fingerprint density at radius 3 is 2.84 bits per heavy atom. The van der Waals surface area contributed by atoms with E-state index >= 15 is 0 Å². The number of nitrogens with zero attached hydrogens (tertiary/aromatic N) is 4. The van der Waals surface area contributed by atoms with Crippen molar-refractivity contribution in [1.82, 2.24) is 14.8 Å². The van der Waals surface area contributed by atoms with Gasteiger partial charge in [-0.3, -0.25) is 0 Å². The summed E-state index contributed by atoms with van der Waals surface area (Å²) in [5, 5.41) is 28.4. The van der Waals surface area contributed by atoms with Crippen LogP contribution in [-0.2, 0) is 13.0 Å². The molecule has 1 aromatic heterocycles. The maximum atomic E-state index is 10.5. The molecule has 3 rings (SSSR count). The largest absolute Gasteiger partial charge is 0.510 e. The second-order valence-electron chi connectivity index (χ2n) is 6.37. The number of benzene rings is 1. The monoisotopic (exact) mass is 354 g/mol. The molecule has 0 amide bonds. The Hall–Kier alpha value is -2.26. The van der Waals surface area contributed by atoms with Gasteiger partial charge in [-0.2, -0.15) is 5.26 Å². The number of aliphatic hydroxyl groups excluding tert-OH is 1. The number of allylic oxidation sites excluding steroid dienone is 1.